The average Bonchev–Trinajstić information content (AvgIpc) is 3.62. The van der Waals surface area contributed by atoms with Crippen LogP contribution < -0.4 is 5.32 Å². The second-order valence-corrected chi connectivity index (χ2v) is 24.0. The number of rotatable bonds is 55. The molecule has 476 valence electrons. The van der Waals surface area contributed by atoms with Crippen molar-refractivity contribution in [2.75, 3.05) is 19.8 Å². The number of ether oxygens (including phenoxy) is 4. The summed E-state index contributed by atoms with van der Waals surface area (Å²) in [5.41, 5.74) is 0. The molecule has 0 radical (unpaired) electrons. The van der Waals surface area contributed by atoms with E-state index in [1.165, 1.54) is 199 Å². The zero-order chi connectivity index (χ0) is 58.8. The van der Waals surface area contributed by atoms with Gasteiger partial charge in [0.05, 0.1) is 32.0 Å². The minimum Gasteiger partial charge on any atom is -0.394 e. The number of amides is 1. The van der Waals surface area contributed by atoms with Gasteiger partial charge in [-0.15, -0.1) is 0 Å². The lowest BCUT2D eigenvalue weighted by atomic mass is 9.97. The van der Waals surface area contributed by atoms with Crippen molar-refractivity contribution in [2.45, 2.75) is 364 Å². The van der Waals surface area contributed by atoms with Crippen LogP contribution >= 0.6 is 0 Å². The van der Waals surface area contributed by atoms with Gasteiger partial charge >= 0.3 is 0 Å². The number of allylic oxidation sites excluding steroid dienone is 6. The normalized spacial score (nSPS) is 24.3. The van der Waals surface area contributed by atoms with Crippen LogP contribution in [-0.4, -0.2) is 140 Å². The summed E-state index contributed by atoms with van der Waals surface area (Å²) in [5.74, 6) is -0.205. The molecule has 2 aliphatic heterocycles. The predicted molar refractivity (Wildman–Crippen MR) is 328 cm³/mol. The first kappa shape index (κ1) is 75.3. The summed E-state index contributed by atoms with van der Waals surface area (Å²) >= 11 is 0. The van der Waals surface area contributed by atoms with Gasteiger partial charge in [-0.2, -0.15) is 0 Å². The highest BCUT2D eigenvalue weighted by atomic mass is 16.7. The van der Waals surface area contributed by atoms with Gasteiger partial charge in [-0.3, -0.25) is 4.79 Å². The Morgan fingerprint density at radius 2 is 0.815 bits per heavy atom. The van der Waals surface area contributed by atoms with Crippen LogP contribution in [0.4, 0.5) is 0 Å². The van der Waals surface area contributed by atoms with Crippen LogP contribution in [0.2, 0.25) is 0 Å². The molecule has 2 aliphatic rings. The Morgan fingerprint density at radius 3 is 1.25 bits per heavy atom. The van der Waals surface area contributed by atoms with Gasteiger partial charge in [-0.05, 0) is 51.4 Å². The Balaban J connectivity index is 1.69. The summed E-state index contributed by atoms with van der Waals surface area (Å²) in [5, 5.41) is 87.5. The quantitative estimate of drug-likeness (QED) is 0.0204. The fraction of sp³-hybridized carbons (Fsp3) is 0.896. The van der Waals surface area contributed by atoms with Crippen LogP contribution in [-0.2, 0) is 23.7 Å². The summed E-state index contributed by atoms with van der Waals surface area (Å²) in [7, 11) is 0. The average molecular weight is 1150 g/mol. The largest absolute Gasteiger partial charge is 0.394 e. The van der Waals surface area contributed by atoms with Crippen LogP contribution in [0.3, 0.4) is 0 Å². The summed E-state index contributed by atoms with van der Waals surface area (Å²) < 4.78 is 22.9. The number of aliphatic hydroxyl groups is 8. The number of nitrogens with one attached hydrogen (secondary N) is 1. The van der Waals surface area contributed by atoms with Crippen molar-refractivity contribution in [3.8, 4) is 0 Å². The molecule has 0 aromatic heterocycles. The number of hydrogen-bond donors (Lipinski definition) is 9. The van der Waals surface area contributed by atoms with E-state index < -0.39 is 86.8 Å². The number of hydrogen-bond acceptors (Lipinski definition) is 13. The van der Waals surface area contributed by atoms with Crippen molar-refractivity contribution in [3.05, 3.63) is 36.5 Å². The van der Waals surface area contributed by atoms with Crippen molar-refractivity contribution in [1.29, 1.82) is 0 Å². The molecule has 2 saturated heterocycles. The van der Waals surface area contributed by atoms with Crippen LogP contribution in [0, 0.1) is 0 Å². The molecule has 14 heteroatoms. The molecule has 81 heavy (non-hydrogen) atoms. The van der Waals surface area contributed by atoms with Crippen LogP contribution in [0.15, 0.2) is 36.5 Å². The van der Waals surface area contributed by atoms with E-state index in [0.29, 0.717) is 12.8 Å². The Bertz CT molecular complexity index is 1500. The highest BCUT2D eigenvalue weighted by Gasteiger charge is 2.51. The third-order valence-corrected chi connectivity index (χ3v) is 16.6. The van der Waals surface area contributed by atoms with Crippen LogP contribution in [0.5, 0.6) is 0 Å². The zero-order valence-electron chi connectivity index (χ0n) is 51.5. The van der Waals surface area contributed by atoms with E-state index in [4.69, 9.17) is 18.9 Å². The van der Waals surface area contributed by atoms with Crippen molar-refractivity contribution in [1.82, 2.24) is 5.32 Å². The van der Waals surface area contributed by atoms with Gasteiger partial charge in [-0.25, -0.2) is 0 Å². The first-order valence-corrected chi connectivity index (χ1v) is 33.7. The minimum atomic E-state index is -1.78. The highest BCUT2D eigenvalue weighted by molar-refractivity contribution is 5.76. The van der Waals surface area contributed by atoms with E-state index in [1.54, 1.807) is 0 Å². The lowest BCUT2D eigenvalue weighted by Gasteiger charge is -2.46. The molecule has 0 aromatic rings. The number of aliphatic hydroxyl groups excluding tert-OH is 8. The lowest BCUT2D eigenvalue weighted by Crippen LogP contribution is -2.65. The van der Waals surface area contributed by atoms with E-state index >= 15 is 0 Å². The number of unbranched alkanes of at least 4 members (excludes halogenated alkanes) is 36. The lowest BCUT2D eigenvalue weighted by molar-refractivity contribution is -0.359. The molecule has 0 bridgehead atoms. The van der Waals surface area contributed by atoms with E-state index in [1.807, 2.05) is 0 Å². The van der Waals surface area contributed by atoms with Gasteiger partial charge < -0.3 is 65.1 Å². The monoisotopic (exact) mass is 1150 g/mol. The van der Waals surface area contributed by atoms with E-state index in [9.17, 15) is 45.6 Å². The fourth-order valence-electron chi connectivity index (χ4n) is 11.2. The minimum absolute atomic E-state index is 0.205. The van der Waals surface area contributed by atoms with E-state index in [2.05, 4.69) is 55.6 Å². The second kappa shape index (κ2) is 52.5. The molecular weight excluding hydrogens is 1030 g/mol. The van der Waals surface area contributed by atoms with Crippen LogP contribution in [0.1, 0.15) is 290 Å². The molecule has 0 aliphatic carbocycles. The highest BCUT2D eigenvalue weighted by Crippen LogP contribution is 2.30. The Labute approximate surface area is 493 Å². The summed E-state index contributed by atoms with van der Waals surface area (Å²) in [4.78, 5) is 13.3. The van der Waals surface area contributed by atoms with Crippen molar-refractivity contribution in [2.24, 2.45) is 0 Å². The first-order valence-electron chi connectivity index (χ1n) is 33.7. The maximum Gasteiger partial charge on any atom is 0.220 e. The van der Waals surface area contributed by atoms with E-state index in [0.717, 1.165) is 64.2 Å². The summed E-state index contributed by atoms with van der Waals surface area (Å²) in [6, 6.07) is -0.831. The molecule has 2 rings (SSSR count). The molecule has 0 spiro atoms. The molecule has 12 atom stereocenters. The fourth-order valence-corrected chi connectivity index (χ4v) is 11.2. The topological polar surface area (TPSA) is 228 Å². The van der Waals surface area contributed by atoms with Gasteiger partial charge in [0.1, 0.15) is 48.8 Å². The van der Waals surface area contributed by atoms with E-state index in [-0.39, 0.29) is 12.5 Å². The van der Waals surface area contributed by atoms with Gasteiger partial charge in [0.2, 0.25) is 5.91 Å². The first-order chi connectivity index (χ1) is 39.6. The van der Waals surface area contributed by atoms with Gasteiger partial charge in [0.25, 0.3) is 0 Å². The molecule has 9 N–H and O–H groups in total. The third-order valence-electron chi connectivity index (χ3n) is 16.6. The molecule has 0 saturated carbocycles. The standard InChI is InChI=1S/C67H125NO13/c1-3-5-7-9-11-13-15-17-19-21-23-25-26-27-28-29-30-31-33-35-37-39-41-43-45-47-49-51-59(72)68-55(56(71)50-48-46-44-42-40-38-36-34-32-24-22-20-18-16-14-12-10-8-6-4-2)54-78-66-64(77)62(75)65(58(53-70)80-66)81-67-63(76)61(74)60(73)57(52-69)79-67/h15,17,21,23,26-27,55-58,60-67,69-71,73-77H,3-14,16,18-20,22,24-25,28-54H2,1-2H3,(H,68,72)/b17-15-,23-21-,27-26-. The van der Waals surface area contributed by atoms with Crippen LogP contribution in [0.25, 0.3) is 0 Å². The maximum atomic E-state index is 13.3. The van der Waals surface area contributed by atoms with Crippen molar-refractivity contribution >= 4 is 5.91 Å². The predicted octanol–water partition coefficient (Wildman–Crippen LogP) is 13.0. The molecule has 1 amide bonds. The van der Waals surface area contributed by atoms with Gasteiger partial charge in [-0.1, -0.05) is 269 Å². The van der Waals surface area contributed by atoms with Crippen molar-refractivity contribution in [3.63, 3.8) is 0 Å². The van der Waals surface area contributed by atoms with Crippen molar-refractivity contribution < 1.29 is 64.6 Å². The second-order valence-electron chi connectivity index (χ2n) is 24.0. The molecular formula is C67H125NO13. The summed E-state index contributed by atoms with van der Waals surface area (Å²) in [6.07, 6.45) is 48.6. The molecule has 14 nitrogen and oxygen atoms in total. The Hall–Kier alpha value is -1.79. The Kier molecular flexibility index (Phi) is 48.8. The van der Waals surface area contributed by atoms with Gasteiger partial charge in [0, 0.05) is 6.42 Å². The molecule has 12 unspecified atom stereocenters. The molecule has 2 heterocycles. The molecule has 0 aromatic carbocycles. The zero-order valence-corrected chi connectivity index (χ0v) is 51.5. The number of carbonyl (C=O) groups excluding carboxylic acids is 1. The summed E-state index contributed by atoms with van der Waals surface area (Å²) in [6.45, 7) is 2.89. The third kappa shape index (κ3) is 37.4. The SMILES string of the molecule is CCCCCCC/C=C\C/C=C\C/C=C\CCCCCCCCCCCCCCC(=O)NC(COC1OC(CO)C(OC2OC(CO)C(O)C(O)C2O)C(O)C1O)C(O)CCCCCCCCCCCCCCCCCCCCCC. The molecule has 2 fully saturated rings. The maximum absolute atomic E-state index is 13.3. The Morgan fingerprint density at radius 1 is 0.444 bits per heavy atom. The smallest absolute Gasteiger partial charge is 0.220 e. The number of carbonyl (C=O) groups is 1. The van der Waals surface area contributed by atoms with Gasteiger partial charge in [0.15, 0.2) is 12.6 Å².